The van der Waals surface area contributed by atoms with Gasteiger partial charge < -0.3 is 10.4 Å². The maximum atomic E-state index is 11.9. The van der Waals surface area contributed by atoms with Crippen LogP contribution in [0, 0.1) is 0 Å². The molecule has 0 bridgehead atoms. The van der Waals surface area contributed by atoms with E-state index in [2.05, 4.69) is 0 Å². The van der Waals surface area contributed by atoms with Crippen LogP contribution < -0.4 is 5.32 Å². The van der Waals surface area contributed by atoms with Crippen molar-refractivity contribution in [2.24, 2.45) is 0 Å². The molecule has 0 aromatic heterocycles. The van der Waals surface area contributed by atoms with Crippen molar-refractivity contribution >= 4 is 0 Å². The molecule has 0 saturated carbocycles. The van der Waals surface area contributed by atoms with E-state index in [0.717, 1.165) is 0 Å². The second-order valence-corrected chi connectivity index (χ2v) is 2.64. The van der Waals surface area contributed by atoms with Crippen LogP contribution in [0.25, 0.3) is 0 Å². The first-order valence-electron chi connectivity index (χ1n) is 3.63. The highest BCUT2D eigenvalue weighted by Crippen LogP contribution is 2.42. The van der Waals surface area contributed by atoms with Crippen molar-refractivity contribution in [2.45, 2.75) is 24.9 Å². The van der Waals surface area contributed by atoms with E-state index in [-0.39, 0.29) is 6.54 Å². The third-order valence-electron chi connectivity index (χ3n) is 1.57. The fraction of sp³-hybridized carbons (Fsp3) is 1.00. The lowest BCUT2D eigenvalue weighted by atomic mass is 10.0. The fourth-order valence-corrected chi connectivity index (χ4v) is 0.667. The van der Waals surface area contributed by atoms with Gasteiger partial charge in [0.2, 0.25) is 0 Å². The molecule has 0 fully saturated rings. The predicted molar refractivity (Wildman–Crippen MR) is 35.6 cm³/mol. The number of likely N-dealkylation sites (N-methyl/N-ethyl adjacent to an activating group) is 1. The van der Waals surface area contributed by atoms with Gasteiger partial charge in [0.25, 0.3) is 5.60 Å². The lowest BCUT2D eigenvalue weighted by molar-refractivity contribution is -0.365. The van der Waals surface area contributed by atoms with Gasteiger partial charge in [0.15, 0.2) is 0 Å². The Balaban J connectivity index is 4.87. The molecule has 86 valence electrons. The molecule has 8 heteroatoms. The molecule has 0 rings (SSSR count). The number of rotatable bonds is 3. The summed E-state index contributed by atoms with van der Waals surface area (Å²) in [6.45, 7) is -0.377. The highest BCUT2D eigenvalue weighted by Gasteiger charge is 2.69. The van der Waals surface area contributed by atoms with E-state index >= 15 is 0 Å². The van der Waals surface area contributed by atoms with Gasteiger partial charge in [-0.3, -0.25) is 0 Å². The third-order valence-corrected chi connectivity index (χ3v) is 1.57. The van der Waals surface area contributed by atoms with Crippen LogP contribution >= 0.6 is 0 Å². The van der Waals surface area contributed by atoms with E-state index in [0.29, 0.717) is 0 Å². The molecular weight excluding hydrogens is 216 g/mol. The van der Waals surface area contributed by atoms with Gasteiger partial charge in [-0.05, 0) is 6.54 Å². The molecule has 0 atom stereocenters. The zero-order valence-corrected chi connectivity index (χ0v) is 7.13. The van der Waals surface area contributed by atoms with E-state index in [1.54, 1.807) is 0 Å². The Bertz CT molecular complexity index is 172. The van der Waals surface area contributed by atoms with Crippen molar-refractivity contribution in [3.63, 3.8) is 0 Å². The molecule has 0 radical (unpaired) electrons. The van der Waals surface area contributed by atoms with Crippen LogP contribution in [-0.4, -0.2) is 36.1 Å². The smallest absolute Gasteiger partial charge is 0.373 e. The summed E-state index contributed by atoms with van der Waals surface area (Å²) in [7, 11) is 0. The highest BCUT2D eigenvalue weighted by molar-refractivity contribution is 4.95. The maximum Gasteiger partial charge on any atom is 0.427 e. The van der Waals surface area contributed by atoms with Gasteiger partial charge in [0.05, 0.1) is 0 Å². The monoisotopic (exact) mass is 225 g/mol. The Morgan fingerprint density at radius 1 is 1.00 bits per heavy atom. The first-order chi connectivity index (χ1) is 6.06. The summed E-state index contributed by atoms with van der Waals surface area (Å²) in [6, 6.07) is 0. The molecule has 0 saturated heterocycles. The first-order valence-corrected chi connectivity index (χ1v) is 3.63. The molecule has 0 aromatic rings. The van der Waals surface area contributed by atoms with E-state index in [9.17, 15) is 26.3 Å². The molecule has 0 aromatic carbocycles. The number of hydrogen-bond acceptors (Lipinski definition) is 2. The second kappa shape index (κ2) is 3.93. The van der Waals surface area contributed by atoms with Crippen molar-refractivity contribution in [3.05, 3.63) is 0 Å². The Morgan fingerprint density at radius 2 is 1.36 bits per heavy atom. The van der Waals surface area contributed by atoms with Crippen molar-refractivity contribution in [1.29, 1.82) is 0 Å². The second-order valence-electron chi connectivity index (χ2n) is 2.64. The van der Waals surface area contributed by atoms with E-state index in [1.165, 1.54) is 6.92 Å². The standard InChI is InChI=1S/C6H9F6NO/c1-2-13-3-4(14,5(7,8)9)6(10,11)12/h13-14H,2-3H2,1H3. The normalized spacial score (nSPS) is 14.6. The Labute approximate surface area is 75.9 Å². The summed E-state index contributed by atoms with van der Waals surface area (Å²) < 4.78 is 71.5. The summed E-state index contributed by atoms with van der Waals surface area (Å²) in [5.74, 6) is 0. The zero-order chi connectivity index (χ0) is 11.6. The molecule has 0 heterocycles. The summed E-state index contributed by atoms with van der Waals surface area (Å²) in [6.07, 6.45) is -11.5. The molecule has 2 N–H and O–H groups in total. The van der Waals surface area contributed by atoms with Gasteiger partial charge in [-0.1, -0.05) is 6.92 Å². The highest BCUT2D eigenvalue weighted by atomic mass is 19.4. The first kappa shape index (κ1) is 13.5. The van der Waals surface area contributed by atoms with Gasteiger partial charge >= 0.3 is 12.4 Å². The Morgan fingerprint density at radius 3 is 1.57 bits per heavy atom. The zero-order valence-electron chi connectivity index (χ0n) is 7.13. The largest absolute Gasteiger partial charge is 0.427 e. The molecule has 0 aliphatic carbocycles. The van der Waals surface area contributed by atoms with Crippen molar-refractivity contribution in [1.82, 2.24) is 5.32 Å². The van der Waals surface area contributed by atoms with Gasteiger partial charge in [0.1, 0.15) is 0 Å². The van der Waals surface area contributed by atoms with Crippen LogP contribution in [0.1, 0.15) is 6.92 Å². The lowest BCUT2D eigenvalue weighted by Gasteiger charge is -2.32. The van der Waals surface area contributed by atoms with Crippen molar-refractivity contribution in [3.8, 4) is 0 Å². The van der Waals surface area contributed by atoms with E-state index in [1.807, 2.05) is 5.32 Å². The van der Waals surface area contributed by atoms with Gasteiger partial charge in [-0.25, -0.2) is 0 Å². The summed E-state index contributed by atoms with van der Waals surface area (Å²) in [4.78, 5) is 0. The maximum absolute atomic E-state index is 11.9. The molecule has 14 heavy (non-hydrogen) atoms. The molecule has 0 unspecified atom stereocenters. The van der Waals surface area contributed by atoms with Crippen LogP contribution in [0.15, 0.2) is 0 Å². The Hall–Kier alpha value is -0.500. The van der Waals surface area contributed by atoms with Gasteiger partial charge in [-0.15, -0.1) is 0 Å². The molecule has 0 aliphatic heterocycles. The molecule has 0 aliphatic rings. The van der Waals surface area contributed by atoms with E-state index < -0.39 is 24.5 Å². The third kappa shape index (κ3) is 2.50. The SMILES string of the molecule is CCNCC(O)(C(F)(F)F)C(F)(F)F. The fourth-order valence-electron chi connectivity index (χ4n) is 0.667. The minimum absolute atomic E-state index is 0.103. The minimum atomic E-state index is -5.74. The lowest BCUT2D eigenvalue weighted by Crippen LogP contribution is -2.62. The van der Waals surface area contributed by atoms with E-state index in [4.69, 9.17) is 5.11 Å². The summed E-state index contributed by atoms with van der Waals surface area (Å²) in [5, 5.41) is 10.3. The molecule has 0 amide bonds. The van der Waals surface area contributed by atoms with Crippen molar-refractivity contribution in [2.75, 3.05) is 13.1 Å². The van der Waals surface area contributed by atoms with Crippen LogP contribution in [0.4, 0.5) is 26.3 Å². The number of nitrogens with one attached hydrogen (secondary N) is 1. The van der Waals surface area contributed by atoms with Crippen molar-refractivity contribution < 1.29 is 31.4 Å². The number of alkyl halides is 6. The van der Waals surface area contributed by atoms with Crippen LogP contribution in [0.5, 0.6) is 0 Å². The van der Waals surface area contributed by atoms with Crippen LogP contribution in [-0.2, 0) is 0 Å². The Kier molecular flexibility index (Phi) is 3.79. The van der Waals surface area contributed by atoms with Crippen LogP contribution in [0.3, 0.4) is 0 Å². The topological polar surface area (TPSA) is 32.3 Å². The summed E-state index contributed by atoms with van der Waals surface area (Å²) in [5.41, 5.74) is -4.68. The van der Waals surface area contributed by atoms with Gasteiger partial charge in [0, 0.05) is 6.54 Å². The van der Waals surface area contributed by atoms with Crippen LogP contribution in [0.2, 0.25) is 0 Å². The average Bonchev–Trinajstić information content (AvgIpc) is 1.95. The number of hydrogen-bond donors (Lipinski definition) is 2. The molecule has 0 spiro atoms. The number of halogens is 6. The molecule has 2 nitrogen and oxygen atoms in total. The average molecular weight is 225 g/mol. The van der Waals surface area contributed by atoms with Gasteiger partial charge in [-0.2, -0.15) is 26.3 Å². The summed E-state index contributed by atoms with van der Waals surface area (Å²) >= 11 is 0. The minimum Gasteiger partial charge on any atom is -0.373 e. The number of aliphatic hydroxyl groups is 1. The predicted octanol–water partition coefficient (Wildman–Crippen LogP) is 1.45. The molecular formula is C6H9F6NO. The quantitative estimate of drug-likeness (QED) is 0.712.